The Morgan fingerprint density at radius 1 is 0.911 bits per heavy atom. The maximum Gasteiger partial charge on any atom is 0.339 e. The van der Waals surface area contributed by atoms with Gasteiger partial charge in [-0.15, -0.1) is 0 Å². The van der Waals surface area contributed by atoms with Crippen LogP contribution in [-0.2, 0) is 35.0 Å². The number of aromatic hydroxyl groups is 3. The van der Waals surface area contributed by atoms with E-state index in [1.54, 1.807) is 48.5 Å². The SMILES string of the molecule is COC(=O)CCc1ccc(O[C@@H]2O[C@H](COC(=O)/C=C/c3ccccc3)[C@@H](O)[C@H](O)[C@H]2OC(=O)c2cc(O)c(O)c(O)c2)cc1. The van der Waals surface area contributed by atoms with Crippen molar-refractivity contribution in [2.24, 2.45) is 0 Å². The molecule has 5 atom stereocenters. The van der Waals surface area contributed by atoms with Crippen LogP contribution < -0.4 is 4.74 Å². The van der Waals surface area contributed by atoms with Crippen molar-refractivity contribution in [2.75, 3.05) is 13.7 Å². The Morgan fingerprint density at radius 3 is 2.22 bits per heavy atom. The molecule has 5 N–H and O–H groups in total. The van der Waals surface area contributed by atoms with Gasteiger partial charge in [0.05, 0.1) is 12.7 Å². The van der Waals surface area contributed by atoms with Crippen molar-refractivity contribution >= 4 is 24.0 Å². The van der Waals surface area contributed by atoms with Crippen LogP contribution in [0.25, 0.3) is 6.08 Å². The van der Waals surface area contributed by atoms with E-state index in [2.05, 4.69) is 4.74 Å². The summed E-state index contributed by atoms with van der Waals surface area (Å²) >= 11 is 0. The number of esters is 3. The second-order valence-corrected chi connectivity index (χ2v) is 9.97. The van der Waals surface area contributed by atoms with Crippen LogP contribution in [0.3, 0.4) is 0 Å². The lowest BCUT2D eigenvalue weighted by atomic mass is 9.99. The van der Waals surface area contributed by atoms with E-state index in [4.69, 9.17) is 18.9 Å². The average molecular weight is 625 g/mol. The minimum Gasteiger partial charge on any atom is -0.504 e. The Labute approximate surface area is 257 Å². The van der Waals surface area contributed by atoms with Gasteiger partial charge in [0.15, 0.2) is 23.4 Å². The predicted molar refractivity (Wildman–Crippen MR) is 155 cm³/mol. The third-order valence-corrected chi connectivity index (χ3v) is 6.82. The largest absolute Gasteiger partial charge is 0.504 e. The zero-order valence-electron chi connectivity index (χ0n) is 24.0. The van der Waals surface area contributed by atoms with E-state index in [9.17, 15) is 39.9 Å². The van der Waals surface area contributed by atoms with Crippen LogP contribution in [-0.4, -0.2) is 87.9 Å². The maximum absolute atomic E-state index is 12.9. The smallest absolute Gasteiger partial charge is 0.339 e. The molecule has 0 spiro atoms. The standard InChI is InChI=1S/C32H32O13/c1-41-25(35)13-9-19-7-11-21(12-8-19)43-32-30(45-31(40)20-15-22(33)27(37)23(34)16-20)29(39)28(38)24(44-32)17-42-26(36)14-10-18-5-3-2-4-6-18/h2-8,10-12,14-16,24,28-30,32-34,37-39H,9,13,17H2,1H3/b14-10+/t24-,28-,29+,30-,32-/m1/s1. The summed E-state index contributed by atoms with van der Waals surface area (Å²) in [5.74, 6) is -4.53. The van der Waals surface area contributed by atoms with Crippen molar-refractivity contribution in [1.29, 1.82) is 0 Å². The molecule has 1 fully saturated rings. The van der Waals surface area contributed by atoms with E-state index in [0.717, 1.165) is 23.3 Å². The highest BCUT2D eigenvalue weighted by Gasteiger charge is 2.48. The molecule has 0 aromatic heterocycles. The van der Waals surface area contributed by atoms with Crippen molar-refractivity contribution in [1.82, 2.24) is 0 Å². The van der Waals surface area contributed by atoms with Gasteiger partial charge in [-0.05, 0) is 47.9 Å². The monoisotopic (exact) mass is 624 g/mol. The van der Waals surface area contributed by atoms with E-state index in [-0.39, 0.29) is 23.7 Å². The number of aryl methyl sites for hydroxylation is 1. The van der Waals surface area contributed by atoms with Gasteiger partial charge in [-0.3, -0.25) is 4.79 Å². The summed E-state index contributed by atoms with van der Waals surface area (Å²) in [6, 6.07) is 17.1. The Balaban J connectivity index is 1.50. The highest BCUT2D eigenvalue weighted by atomic mass is 16.7. The third-order valence-electron chi connectivity index (χ3n) is 6.82. The van der Waals surface area contributed by atoms with E-state index < -0.39 is 66.5 Å². The molecule has 1 aliphatic rings. The fourth-order valence-corrected chi connectivity index (χ4v) is 4.34. The highest BCUT2D eigenvalue weighted by Crippen LogP contribution is 2.36. The number of phenolic OH excluding ortho intramolecular Hbond substituents is 3. The first-order chi connectivity index (χ1) is 21.5. The van der Waals surface area contributed by atoms with E-state index in [0.29, 0.717) is 6.42 Å². The van der Waals surface area contributed by atoms with Crippen molar-refractivity contribution in [3.63, 3.8) is 0 Å². The number of ether oxygens (including phenoxy) is 5. The molecule has 3 aromatic rings. The van der Waals surface area contributed by atoms with Gasteiger partial charge in [-0.2, -0.15) is 0 Å². The van der Waals surface area contributed by atoms with Crippen LogP contribution in [0.15, 0.2) is 72.8 Å². The number of hydrogen-bond donors (Lipinski definition) is 5. The van der Waals surface area contributed by atoms with Crippen LogP contribution in [0.2, 0.25) is 0 Å². The summed E-state index contributed by atoms with van der Waals surface area (Å²) in [5, 5.41) is 51.0. The van der Waals surface area contributed by atoms with Gasteiger partial charge in [0, 0.05) is 12.5 Å². The molecule has 3 aromatic carbocycles. The molecule has 238 valence electrons. The molecular weight excluding hydrogens is 592 g/mol. The predicted octanol–water partition coefficient (Wildman–Crippen LogP) is 2.22. The summed E-state index contributed by atoms with van der Waals surface area (Å²) < 4.78 is 26.9. The molecule has 13 heteroatoms. The number of aliphatic hydroxyl groups is 2. The average Bonchev–Trinajstić information content (AvgIpc) is 3.04. The third kappa shape index (κ3) is 8.72. The topological polar surface area (TPSA) is 199 Å². The molecule has 1 heterocycles. The summed E-state index contributed by atoms with van der Waals surface area (Å²) in [5.41, 5.74) is 1.15. The minimum atomic E-state index is -1.81. The van der Waals surface area contributed by atoms with Gasteiger partial charge >= 0.3 is 17.9 Å². The molecule has 0 unspecified atom stereocenters. The molecule has 45 heavy (non-hydrogen) atoms. The van der Waals surface area contributed by atoms with Crippen LogP contribution in [0.5, 0.6) is 23.0 Å². The first-order valence-corrected chi connectivity index (χ1v) is 13.8. The number of carbonyl (C=O) groups excluding carboxylic acids is 3. The number of benzene rings is 3. The molecule has 4 rings (SSSR count). The van der Waals surface area contributed by atoms with Crippen LogP contribution >= 0.6 is 0 Å². The van der Waals surface area contributed by atoms with Gasteiger partial charge < -0.3 is 49.2 Å². The Kier molecular flexibility index (Phi) is 11.0. The zero-order valence-corrected chi connectivity index (χ0v) is 24.0. The van der Waals surface area contributed by atoms with Crippen LogP contribution in [0, 0.1) is 0 Å². The Bertz CT molecular complexity index is 1480. The number of rotatable bonds is 11. The van der Waals surface area contributed by atoms with Crippen molar-refractivity contribution < 1.29 is 63.6 Å². The Morgan fingerprint density at radius 2 is 1.58 bits per heavy atom. The fourth-order valence-electron chi connectivity index (χ4n) is 4.34. The molecule has 0 saturated carbocycles. The molecule has 0 aliphatic carbocycles. The second-order valence-electron chi connectivity index (χ2n) is 9.97. The summed E-state index contributed by atoms with van der Waals surface area (Å²) in [6.45, 7) is -0.497. The van der Waals surface area contributed by atoms with E-state index >= 15 is 0 Å². The summed E-state index contributed by atoms with van der Waals surface area (Å²) in [6.07, 6.45) is -4.76. The van der Waals surface area contributed by atoms with Gasteiger partial charge in [0.1, 0.15) is 30.7 Å². The summed E-state index contributed by atoms with van der Waals surface area (Å²) in [4.78, 5) is 36.7. The lowest BCUT2D eigenvalue weighted by Crippen LogP contribution is -2.61. The van der Waals surface area contributed by atoms with Crippen molar-refractivity contribution in [2.45, 2.75) is 43.5 Å². The molecule has 0 amide bonds. The highest BCUT2D eigenvalue weighted by molar-refractivity contribution is 5.91. The number of hydrogen-bond acceptors (Lipinski definition) is 13. The van der Waals surface area contributed by atoms with E-state index in [1.807, 2.05) is 6.07 Å². The van der Waals surface area contributed by atoms with Crippen LogP contribution in [0.4, 0.5) is 0 Å². The van der Waals surface area contributed by atoms with Crippen molar-refractivity contribution in [3.8, 4) is 23.0 Å². The van der Waals surface area contributed by atoms with Gasteiger partial charge in [-0.1, -0.05) is 42.5 Å². The van der Waals surface area contributed by atoms with Gasteiger partial charge in [0.25, 0.3) is 0 Å². The van der Waals surface area contributed by atoms with E-state index in [1.165, 1.54) is 19.3 Å². The fraction of sp³-hybridized carbons (Fsp3) is 0.281. The lowest BCUT2D eigenvalue weighted by molar-refractivity contribution is -0.277. The number of carbonyl (C=O) groups is 3. The first kappa shape index (κ1) is 32.8. The normalized spacial score (nSPS) is 21.2. The van der Waals surface area contributed by atoms with Crippen LogP contribution in [0.1, 0.15) is 27.9 Å². The number of aliphatic hydroxyl groups excluding tert-OH is 2. The number of phenols is 3. The molecule has 0 bridgehead atoms. The lowest BCUT2D eigenvalue weighted by Gasteiger charge is -2.41. The molecule has 0 radical (unpaired) electrons. The van der Waals surface area contributed by atoms with Crippen molar-refractivity contribution in [3.05, 3.63) is 89.5 Å². The molecular formula is C32H32O13. The zero-order chi connectivity index (χ0) is 32.5. The Hall–Kier alpha value is -5.11. The summed E-state index contributed by atoms with van der Waals surface area (Å²) in [7, 11) is 1.29. The second kappa shape index (κ2) is 15.1. The quantitative estimate of drug-likeness (QED) is 0.0901. The molecule has 1 aliphatic heterocycles. The maximum atomic E-state index is 12.9. The molecule has 13 nitrogen and oxygen atoms in total. The first-order valence-electron chi connectivity index (χ1n) is 13.8. The number of methoxy groups -OCH3 is 1. The van der Waals surface area contributed by atoms with Gasteiger partial charge in [0.2, 0.25) is 6.29 Å². The van der Waals surface area contributed by atoms with Gasteiger partial charge in [-0.25, -0.2) is 9.59 Å². The molecule has 1 saturated heterocycles. The minimum absolute atomic E-state index is 0.161.